The molecule has 1 N–H and O–H groups in total. The first-order chi connectivity index (χ1) is 9.70. The Bertz CT molecular complexity index is 557. The van der Waals surface area contributed by atoms with Crippen LogP contribution in [0, 0.1) is 0 Å². The van der Waals surface area contributed by atoms with Crippen molar-refractivity contribution in [3.8, 4) is 0 Å². The number of hydrogen-bond donors (Lipinski definition) is 1. The van der Waals surface area contributed by atoms with E-state index in [4.69, 9.17) is 4.74 Å². The Balaban J connectivity index is 2.02. The van der Waals surface area contributed by atoms with Gasteiger partial charge in [0.15, 0.2) is 0 Å². The van der Waals surface area contributed by atoms with Crippen LogP contribution in [0.2, 0.25) is 0 Å². The highest BCUT2D eigenvalue weighted by Crippen LogP contribution is 2.28. The topological polar surface area (TPSA) is 39.1 Å². The highest BCUT2D eigenvalue weighted by atomic mass is 79.9. The van der Waals surface area contributed by atoms with Crippen LogP contribution in [-0.4, -0.2) is 22.8 Å². The molecule has 6 heteroatoms. The van der Waals surface area contributed by atoms with Gasteiger partial charge in [0.1, 0.15) is 0 Å². The molecule has 0 amide bonds. The summed E-state index contributed by atoms with van der Waals surface area (Å²) in [6, 6.07) is 6.00. The lowest BCUT2D eigenvalue weighted by atomic mass is 10.3. The third-order valence-electron chi connectivity index (χ3n) is 2.78. The van der Waals surface area contributed by atoms with E-state index >= 15 is 0 Å². The van der Waals surface area contributed by atoms with Gasteiger partial charge in [0.25, 0.3) is 0 Å². The average molecular weight is 403 g/mol. The number of rotatable bonds is 7. The lowest BCUT2D eigenvalue weighted by molar-refractivity contribution is 0.142. The Labute approximate surface area is 135 Å². The second kappa shape index (κ2) is 7.81. The number of benzene rings is 1. The van der Waals surface area contributed by atoms with Crippen molar-refractivity contribution in [2.75, 3.05) is 18.5 Å². The monoisotopic (exact) mass is 401 g/mol. The van der Waals surface area contributed by atoms with Gasteiger partial charge < -0.3 is 14.6 Å². The zero-order valence-electron chi connectivity index (χ0n) is 11.3. The number of halogens is 2. The van der Waals surface area contributed by atoms with E-state index in [9.17, 15) is 0 Å². The summed E-state index contributed by atoms with van der Waals surface area (Å²) in [6.45, 7) is 4.43. The fraction of sp³-hybridized carbons (Fsp3) is 0.357. The van der Waals surface area contributed by atoms with Gasteiger partial charge in [-0.1, -0.05) is 15.9 Å². The number of aromatic nitrogens is 2. The van der Waals surface area contributed by atoms with E-state index in [2.05, 4.69) is 46.7 Å². The summed E-state index contributed by atoms with van der Waals surface area (Å²) >= 11 is 7.01. The van der Waals surface area contributed by atoms with Gasteiger partial charge in [0.05, 0.1) is 5.69 Å². The van der Waals surface area contributed by atoms with Crippen LogP contribution < -0.4 is 5.32 Å². The molecule has 20 heavy (non-hydrogen) atoms. The minimum absolute atomic E-state index is 0.764. The van der Waals surface area contributed by atoms with Gasteiger partial charge in [0.2, 0.25) is 5.95 Å². The number of aryl methyl sites for hydroxylation is 1. The Morgan fingerprint density at radius 2 is 2.20 bits per heavy atom. The van der Waals surface area contributed by atoms with Crippen molar-refractivity contribution in [2.45, 2.75) is 19.9 Å². The van der Waals surface area contributed by atoms with E-state index < -0.39 is 0 Å². The highest BCUT2D eigenvalue weighted by Gasteiger charge is 2.06. The zero-order valence-corrected chi connectivity index (χ0v) is 14.4. The van der Waals surface area contributed by atoms with Crippen LogP contribution in [0.1, 0.15) is 13.3 Å². The molecule has 0 atom stereocenters. The number of imidazole rings is 1. The molecule has 0 unspecified atom stereocenters. The number of hydrogen-bond acceptors (Lipinski definition) is 3. The summed E-state index contributed by atoms with van der Waals surface area (Å²) in [5.74, 6) is 0.834. The Morgan fingerprint density at radius 1 is 1.35 bits per heavy atom. The first-order valence-electron chi connectivity index (χ1n) is 6.51. The van der Waals surface area contributed by atoms with Crippen molar-refractivity contribution in [1.82, 2.24) is 9.55 Å². The maximum Gasteiger partial charge on any atom is 0.207 e. The van der Waals surface area contributed by atoms with Crippen LogP contribution in [0.15, 0.2) is 39.5 Å². The molecule has 2 aromatic rings. The standard InChI is InChI=1S/C14H17Br2N3O/c1-2-20-9-3-7-19-8-6-17-14(19)18-13-10-11(15)4-5-12(13)16/h4-6,8,10H,2-3,7,9H2,1H3,(H,17,18). The number of nitrogens with one attached hydrogen (secondary N) is 1. The summed E-state index contributed by atoms with van der Waals surface area (Å²) in [5, 5.41) is 3.34. The smallest absolute Gasteiger partial charge is 0.207 e. The van der Waals surface area contributed by atoms with Crippen LogP contribution in [0.25, 0.3) is 0 Å². The molecule has 0 aliphatic rings. The zero-order chi connectivity index (χ0) is 14.4. The van der Waals surface area contributed by atoms with Crippen molar-refractivity contribution in [1.29, 1.82) is 0 Å². The van der Waals surface area contributed by atoms with Crippen LogP contribution >= 0.6 is 31.9 Å². The van der Waals surface area contributed by atoms with Gasteiger partial charge >= 0.3 is 0 Å². The van der Waals surface area contributed by atoms with Crippen molar-refractivity contribution in [2.24, 2.45) is 0 Å². The fourth-order valence-corrected chi connectivity index (χ4v) is 2.52. The van der Waals surface area contributed by atoms with E-state index in [1.165, 1.54) is 0 Å². The van der Waals surface area contributed by atoms with Gasteiger partial charge in [-0.3, -0.25) is 0 Å². The van der Waals surface area contributed by atoms with Crippen molar-refractivity contribution in [3.63, 3.8) is 0 Å². The molecular weight excluding hydrogens is 386 g/mol. The van der Waals surface area contributed by atoms with Crippen molar-refractivity contribution in [3.05, 3.63) is 39.5 Å². The molecule has 0 saturated carbocycles. The average Bonchev–Trinajstić information content (AvgIpc) is 2.86. The maximum atomic E-state index is 5.36. The van der Waals surface area contributed by atoms with E-state index in [-0.39, 0.29) is 0 Å². The molecule has 0 aliphatic carbocycles. The largest absolute Gasteiger partial charge is 0.382 e. The molecular formula is C14H17Br2N3O. The predicted molar refractivity (Wildman–Crippen MR) is 88.5 cm³/mol. The van der Waals surface area contributed by atoms with Gasteiger partial charge in [-0.25, -0.2) is 4.98 Å². The molecule has 0 saturated heterocycles. The molecule has 108 valence electrons. The highest BCUT2D eigenvalue weighted by molar-refractivity contribution is 9.11. The number of ether oxygens (including phenoxy) is 1. The summed E-state index contributed by atoms with van der Waals surface area (Å²) in [5.41, 5.74) is 0.983. The van der Waals surface area contributed by atoms with Crippen LogP contribution in [0.3, 0.4) is 0 Å². The van der Waals surface area contributed by atoms with Crippen LogP contribution in [0.5, 0.6) is 0 Å². The third-order valence-corrected chi connectivity index (χ3v) is 3.97. The van der Waals surface area contributed by atoms with E-state index in [1.807, 2.05) is 31.3 Å². The molecule has 0 bridgehead atoms. The predicted octanol–water partition coefficient (Wildman–Crippen LogP) is 4.58. The summed E-state index contributed by atoms with van der Waals surface area (Å²) in [7, 11) is 0. The first kappa shape index (κ1) is 15.5. The van der Waals surface area contributed by atoms with E-state index in [0.29, 0.717) is 0 Å². The summed E-state index contributed by atoms with van der Waals surface area (Å²) in [6.07, 6.45) is 4.74. The van der Waals surface area contributed by atoms with Gasteiger partial charge in [-0.15, -0.1) is 0 Å². The number of anilines is 2. The Morgan fingerprint density at radius 3 is 3.00 bits per heavy atom. The molecule has 2 rings (SSSR count). The van der Waals surface area contributed by atoms with Gasteiger partial charge in [-0.2, -0.15) is 0 Å². The molecule has 0 fully saturated rings. The molecule has 0 aliphatic heterocycles. The van der Waals surface area contributed by atoms with Gasteiger partial charge in [-0.05, 0) is 47.5 Å². The quantitative estimate of drug-likeness (QED) is 0.689. The number of nitrogens with zero attached hydrogens (tertiary/aromatic N) is 2. The maximum absolute atomic E-state index is 5.36. The molecule has 1 aromatic carbocycles. The second-order valence-electron chi connectivity index (χ2n) is 4.24. The molecule has 0 spiro atoms. The Hall–Kier alpha value is -0.850. The van der Waals surface area contributed by atoms with Crippen molar-refractivity contribution >= 4 is 43.5 Å². The summed E-state index contributed by atoms with van der Waals surface area (Å²) < 4.78 is 9.48. The van der Waals surface area contributed by atoms with E-state index in [1.54, 1.807) is 6.20 Å². The normalized spacial score (nSPS) is 10.8. The minimum atomic E-state index is 0.764. The van der Waals surface area contributed by atoms with Gasteiger partial charge in [0, 0.05) is 41.1 Å². The lowest BCUT2D eigenvalue weighted by Crippen LogP contribution is -2.06. The molecule has 0 radical (unpaired) electrons. The van der Waals surface area contributed by atoms with Crippen molar-refractivity contribution < 1.29 is 4.74 Å². The lowest BCUT2D eigenvalue weighted by Gasteiger charge is -2.11. The SMILES string of the molecule is CCOCCCn1ccnc1Nc1cc(Br)ccc1Br. The molecule has 4 nitrogen and oxygen atoms in total. The molecule has 1 aromatic heterocycles. The molecule has 1 heterocycles. The fourth-order valence-electron chi connectivity index (χ4n) is 1.81. The Kier molecular flexibility index (Phi) is 6.06. The van der Waals surface area contributed by atoms with Crippen LogP contribution in [0.4, 0.5) is 11.6 Å². The second-order valence-corrected chi connectivity index (χ2v) is 6.01. The van der Waals surface area contributed by atoms with E-state index in [0.717, 1.165) is 46.8 Å². The van der Waals surface area contributed by atoms with Crippen LogP contribution in [-0.2, 0) is 11.3 Å². The minimum Gasteiger partial charge on any atom is -0.382 e. The first-order valence-corrected chi connectivity index (χ1v) is 8.10. The third kappa shape index (κ3) is 4.33. The summed E-state index contributed by atoms with van der Waals surface area (Å²) in [4.78, 5) is 4.36.